The number of aromatic nitrogens is 2. The number of allylic oxidation sites excluding steroid dienone is 1. The van der Waals surface area contributed by atoms with Crippen LogP contribution in [0.2, 0.25) is 0 Å². The molecule has 2 heterocycles. The van der Waals surface area contributed by atoms with Crippen molar-refractivity contribution in [3.8, 4) is 0 Å². The van der Waals surface area contributed by atoms with Gasteiger partial charge in [0.05, 0.1) is 11.5 Å². The van der Waals surface area contributed by atoms with Crippen molar-refractivity contribution in [3.63, 3.8) is 0 Å². The topological polar surface area (TPSA) is 101 Å². The number of anilines is 1. The minimum absolute atomic E-state index is 0.118. The van der Waals surface area contributed by atoms with Crippen molar-refractivity contribution in [1.29, 1.82) is 0 Å². The van der Waals surface area contributed by atoms with Crippen molar-refractivity contribution in [2.24, 2.45) is 0 Å². The largest absolute Gasteiger partial charge is 0.365 e. The van der Waals surface area contributed by atoms with Gasteiger partial charge in [-0.2, -0.15) is 0 Å². The second kappa shape index (κ2) is 7.95. The van der Waals surface area contributed by atoms with Gasteiger partial charge >= 0.3 is 0 Å². The molecule has 1 saturated heterocycles. The summed E-state index contributed by atoms with van der Waals surface area (Å²) in [4.78, 5) is 12.1. The standard InChI is InChI=1S/C17H24N4O3S/c22-17(18-10-8-13-4-2-1-3-5-13)15-6-7-16(21-20-15)19-14-9-11-25(23,24)12-14/h4,6-7,14H,1-3,5,8-12H2,(H,18,22)(H,19,21). The van der Waals surface area contributed by atoms with Crippen LogP contribution in [0.15, 0.2) is 23.8 Å². The van der Waals surface area contributed by atoms with Crippen LogP contribution in [0.25, 0.3) is 0 Å². The van der Waals surface area contributed by atoms with Crippen molar-refractivity contribution in [3.05, 3.63) is 29.5 Å². The quantitative estimate of drug-likeness (QED) is 0.745. The average molecular weight is 364 g/mol. The lowest BCUT2D eigenvalue weighted by atomic mass is 9.97. The van der Waals surface area contributed by atoms with E-state index in [2.05, 4.69) is 26.9 Å². The van der Waals surface area contributed by atoms with Gasteiger partial charge in [-0.1, -0.05) is 11.6 Å². The normalized spacial score (nSPS) is 22.2. The Bertz CT molecular complexity index is 744. The molecule has 0 radical (unpaired) electrons. The molecule has 136 valence electrons. The summed E-state index contributed by atoms with van der Waals surface area (Å²) in [5.74, 6) is 0.576. The maximum atomic E-state index is 12.1. The Morgan fingerprint density at radius 1 is 1.24 bits per heavy atom. The average Bonchev–Trinajstić information content (AvgIpc) is 2.95. The molecule has 0 aromatic carbocycles. The van der Waals surface area contributed by atoms with Gasteiger partial charge in [0.2, 0.25) is 0 Å². The fourth-order valence-electron chi connectivity index (χ4n) is 3.21. The molecule has 1 aromatic rings. The number of sulfone groups is 1. The number of nitrogens with zero attached hydrogens (tertiary/aromatic N) is 2. The number of carbonyl (C=O) groups excluding carboxylic acids is 1. The molecule has 1 atom stereocenters. The molecule has 1 unspecified atom stereocenters. The first-order chi connectivity index (χ1) is 12.0. The Balaban J connectivity index is 1.46. The SMILES string of the molecule is O=C(NCCC1=CCCCC1)c1ccc(NC2CCS(=O)(=O)C2)nn1. The van der Waals surface area contributed by atoms with Crippen LogP contribution in [0.5, 0.6) is 0 Å². The highest BCUT2D eigenvalue weighted by molar-refractivity contribution is 7.91. The number of carbonyl (C=O) groups is 1. The van der Waals surface area contributed by atoms with Crippen molar-refractivity contribution < 1.29 is 13.2 Å². The highest BCUT2D eigenvalue weighted by Gasteiger charge is 2.28. The Kier molecular flexibility index (Phi) is 5.67. The molecule has 7 nitrogen and oxygen atoms in total. The van der Waals surface area contributed by atoms with E-state index >= 15 is 0 Å². The van der Waals surface area contributed by atoms with Gasteiger partial charge < -0.3 is 10.6 Å². The first-order valence-electron chi connectivity index (χ1n) is 8.79. The number of nitrogens with one attached hydrogen (secondary N) is 2. The predicted octanol–water partition coefficient (Wildman–Crippen LogP) is 1.70. The molecule has 1 aliphatic heterocycles. The monoisotopic (exact) mass is 364 g/mol. The maximum Gasteiger partial charge on any atom is 0.271 e. The van der Waals surface area contributed by atoms with Gasteiger partial charge in [0.15, 0.2) is 15.5 Å². The summed E-state index contributed by atoms with van der Waals surface area (Å²) in [7, 11) is -2.94. The molecule has 3 rings (SSSR count). The van der Waals surface area contributed by atoms with E-state index in [9.17, 15) is 13.2 Å². The molecule has 8 heteroatoms. The van der Waals surface area contributed by atoms with Gasteiger partial charge in [-0.15, -0.1) is 10.2 Å². The van der Waals surface area contributed by atoms with Gasteiger partial charge in [0, 0.05) is 12.6 Å². The van der Waals surface area contributed by atoms with E-state index < -0.39 is 9.84 Å². The van der Waals surface area contributed by atoms with E-state index in [0.29, 0.717) is 18.8 Å². The lowest BCUT2D eigenvalue weighted by Crippen LogP contribution is -2.26. The highest BCUT2D eigenvalue weighted by atomic mass is 32.2. The van der Waals surface area contributed by atoms with Gasteiger partial charge in [0.25, 0.3) is 5.91 Å². The predicted molar refractivity (Wildman–Crippen MR) is 96.2 cm³/mol. The molecule has 2 N–H and O–H groups in total. The van der Waals surface area contributed by atoms with Gasteiger partial charge in [-0.25, -0.2) is 8.42 Å². The molecule has 1 aliphatic carbocycles. The molecule has 25 heavy (non-hydrogen) atoms. The zero-order valence-electron chi connectivity index (χ0n) is 14.2. The Labute approximate surface area is 148 Å². The molecular formula is C17H24N4O3S. The lowest BCUT2D eigenvalue weighted by Gasteiger charge is -2.13. The fraction of sp³-hybridized carbons (Fsp3) is 0.588. The van der Waals surface area contributed by atoms with Crippen LogP contribution >= 0.6 is 0 Å². The van der Waals surface area contributed by atoms with Gasteiger partial charge in [-0.3, -0.25) is 4.79 Å². The molecule has 1 amide bonds. The van der Waals surface area contributed by atoms with Crippen LogP contribution in [0.4, 0.5) is 5.82 Å². The minimum atomic E-state index is -2.94. The Morgan fingerprint density at radius 2 is 2.12 bits per heavy atom. The van der Waals surface area contributed by atoms with E-state index in [-0.39, 0.29) is 29.1 Å². The van der Waals surface area contributed by atoms with Crippen LogP contribution in [0.3, 0.4) is 0 Å². The third-order valence-electron chi connectivity index (χ3n) is 4.60. The zero-order valence-corrected chi connectivity index (χ0v) is 15.0. The Hall–Kier alpha value is -1.96. The zero-order chi connectivity index (χ0) is 17.7. The molecule has 2 aliphatic rings. The first kappa shape index (κ1) is 17.8. The molecule has 1 aromatic heterocycles. The summed E-state index contributed by atoms with van der Waals surface area (Å²) in [6.45, 7) is 0.603. The maximum absolute atomic E-state index is 12.1. The van der Waals surface area contributed by atoms with E-state index in [1.165, 1.54) is 18.4 Å². The number of rotatable bonds is 6. The third kappa shape index (κ3) is 5.26. The van der Waals surface area contributed by atoms with E-state index in [4.69, 9.17) is 0 Å². The lowest BCUT2D eigenvalue weighted by molar-refractivity contribution is 0.0948. The fourth-order valence-corrected chi connectivity index (χ4v) is 4.88. The molecular weight excluding hydrogens is 340 g/mol. The summed E-state index contributed by atoms with van der Waals surface area (Å²) < 4.78 is 22.9. The van der Waals surface area contributed by atoms with Crippen LogP contribution in [-0.4, -0.2) is 48.6 Å². The van der Waals surface area contributed by atoms with Crippen molar-refractivity contribution in [2.45, 2.75) is 44.6 Å². The molecule has 0 saturated carbocycles. The van der Waals surface area contributed by atoms with Crippen molar-refractivity contribution in [1.82, 2.24) is 15.5 Å². The van der Waals surface area contributed by atoms with Crippen molar-refractivity contribution >= 4 is 21.6 Å². The summed E-state index contributed by atoms with van der Waals surface area (Å²) in [5.41, 5.74) is 1.69. The van der Waals surface area contributed by atoms with Crippen LogP contribution in [0.1, 0.15) is 49.0 Å². The van der Waals surface area contributed by atoms with E-state index in [0.717, 1.165) is 19.3 Å². The number of hydrogen-bond donors (Lipinski definition) is 2. The molecule has 0 bridgehead atoms. The summed E-state index contributed by atoms with van der Waals surface area (Å²) in [5, 5.41) is 13.8. The second-order valence-corrected chi connectivity index (χ2v) is 8.89. The summed E-state index contributed by atoms with van der Waals surface area (Å²) in [6, 6.07) is 3.13. The second-order valence-electron chi connectivity index (χ2n) is 6.66. The van der Waals surface area contributed by atoms with Crippen molar-refractivity contribution in [2.75, 3.05) is 23.4 Å². The number of amides is 1. The van der Waals surface area contributed by atoms with Gasteiger partial charge in [0.1, 0.15) is 5.82 Å². The molecule has 0 spiro atoms. The first-order valence-corrected chi connectivity index (χ1v) is 10.6. The summed E-state index contributed by atoms with van der Waals surface area (Å²) >= 11 is 0. The minimum Gasteiger partial charge on any atom is -0.365 e. The third-order valence-corrected chi connectivity index (χ3v) is 6.37. The van der Waals surface area contributed by atoms with Crippen LogP contribution < -0.4 is 10.6 Å². The smallest absolute Gasteiger partial charge is 0.271 e. The Morgan fingerprint density at radius 3 is 2.76 bits per heavy atom. The van der Waals surface area contributed by atoms with Gasteiger partial charge in [-0.05, 0) is 50.7 Å². The highest BCUT2D eigenvalue weighted by Crippen LogP contribution is 2.19. The molecule has 1 fully saturated rings. The van der Waals surface area contributed by atoms with E-state index in [1.54, 1.807) is 12.1 Å². The number of hydrogen-bond acceptors (Lipinski definition) is 6. The van der Waals surface area contributed by atoms with E-state index in [1.807, 2.05) is 0 Å². The van der Waals surface area contributed by atoms with Crippen LogP contribution in [-0.2, 0) is 9.84 Å². The van der Waals surface area contributed by atoms with Crippen LogP contribution in [0, 0.1) is 0 Å². The summed E-state index contributed by atoms with van der Waals surface area (Å²) in [6.07, 6.45) is 8.51.